The summed E-state index contributed by atoms with van der Waals surface area (Å²) in [4.78, 5) is 11.9. The molecule has 4 nitrogen and oxygen atoms in total. The molecule has 1 aliphatic rings. The van der Waals surface area contributed by atoms with Gasteiger partial charge >= 0.3 is 6.03 Å². The van der Waals surface area contributed by atoms with Crippen molar-refractivity contribution in [1.29, 1.82) is 0 Å². The first-order valence-corrected chi connectivity index (χ1v) is 7.52. The van der Waals surface area contributed by atoms with Gasteiger partial charge < -0.3 is 15.7 Å². The van der Waals surface area contributed by atoms with Crippen LogP contribution in [0.3, 0.4) is 0 Å². The molecule has 0 aliphatic heterocycles. The number of hydrogen-bond donors (Lipinski definition) is 3. The average Bonchev–Trinajstić information content (AvgIpc) is 2.75. The first-order valence-electron chi connectivity index (χ1n) is 7.52. The third-order valence-electron chi connectivity index (χ3n) is 4.74. The Hall–Kier alpha value is -0.770. The Bertz CT molecular complexity index is 290. The highest BCUT2D eigenvalue weighted by atomic mass is 16.3. The SMILES string of the molecule is CC(C)C(C)(C)CNC(=O)N[C@H]1CCC[C@H]1CCO. The summed E-state index contributed by atoms with van der Waals surface area (Å²) in [5, 5.41) is 15.1. The van der Waals surface area contributed by atoms with Crippen LogP contribution in [0.15, 0.2) is 0 Å². The second-order valence-electron chi connectivity index (χ2n) is 6.78. The predicted molar refractivity (Wildman–Crippen MR) is 78.0 cm³/mol. The summed E-state index contributed by atoms with van der Waals surface area (Å²) in [6.45, 7) is 9.59. The minimum atomic E-state index is -0.0661. The van der Waals surface area contributed by atoms with Crippen LogP contribution in [-0.4, -0.2) is 30.3 Å². The van der Waals surface area contributed by atoms with E-state index < -0.39 is 0 Å². The summed E-state index contributed by atoms with van der Waals surface area (Å²) < 4.78 is 0. The van der Waals surface area contributed by atoms with Gasteiger partial charge in [0.2, 0.25) is 0 Å². The second kappa shape index (κ2) is 7.13. The summed E-state index contributed by atoms with van der Waals surface area (Å²) in [6.07, 6.45) is 4.09. The minimum absolute atomic E-state index is 0.0661. The van der Waals surface area contributed by atoms with Crippen LogP contribution in [0.1, 0.15) is 53.4 Å². The largest absolute Gasteiger partial charge is 0.396 e. The van der Waals surface area contributed by atoms with Crippen LogP contribution >= 0.6 is 0 Å². The molecule has 1 fully saturated rings. The van der Waals surface area contributed by atoms with Gasteiger partial charge in [0.1, 0.15) is 0 Å². The van der Waals surface area contributed by atoms with Gasteiger partial charge in [-0.2, -0.15) is 0 Å². The molecule has 2 atom stereocenters. The monoisotopic (exact) mass is 270 g/mol. The first kappa shape index (κ1) is 16.3. The molecule has 112 valence electrons. The van der Waals surface area contributed by atoms with Crippen LogP contribution in [0.4, 0.5) is 4.79 Å². The van der Waals surface area contributed by atoms with Crippen LogP contribution in [0.2, 0.25) is 0 Å². The molecule has 0 heterocycles. The minimum Gasteiger partial charge on any atom is -0.396 e. The Balaban J connectivity index is 2.35. The van der Waals surface area contributed by atoms with E-state index in [-0.39, 0.29) is 24.1 Å². The van der Waals surface area contributed by atoms with E-state index >= 15 is 0 Å². The summed E-state index contributed by atoms with van der Waals surface area (Å²) in [5.41, 5.74) is 0.109. The van der Waals surface area contributed by atoms with Crippen LogP contribution < -0.4 is 10.6 Å². The van der Waals surface area contributed by atoms with Gasteiger partial charge in [0.15, 0.2) is 0 Å². The third kappa shape index (κ3) is 5.01. The van der Waals surface area contributed by atoms with E-state index in [1.165, 1.54) is 0 Å². The van der Waals surface area contributed by atoms with E-state index in [1.54, 1.807) is 0 Å². The van der Waals surface area contributed by atoms with E-state index in [2.05, 4.69) is 38.3 Å². The molecule has 0 aromatic carbocycles. The lowest BCUT2D eigenvalue weighted by atomic mass is 9.81. The van der Waals surface area contributed by atoms with Crippen molar-refractivity contribution >= 4 is 6.03 Å². The zero-order valence-corrected chi connectivity index (χ0v) is 12.8. The Morgan fingerprint density at radius 3 is 2.63 bits per heavy atom. The van der Waals surface area contributed by atoms with Crippen molar-refractivity contribution < 1.29 is 9.90 Å². The highest BCUT2D eigenvalue weighted by Crippen LogP contribution is 2.28. The Morgan fingerprint density at radius 2 is 2.05 bits per heavy atom. The number of nitrogens with one attached hydrogen (secondary N) is 2. The number of carbonyl (C=O) groups is 1. The lowest BCUT2D eigenvalue weighted by molar-refractivity contribution is 0.206. The molecular weight excluding hydrogens is 240 g/mol. The molecule has 1 aliphatic carbocycles. The highest BCUT2D eigenvalue weighted by molar-refractivity contribution is 5.74. The standard InChI is InChI=1S/C15H30N2O2/c1-11(2)15(3,4)10-16-14(19)17-13-7-5-6-12(13)8-9-18/h11-13,18H,5-10H2,1-4H3,(H2,16,17,19)/t12-,13-/m0/s1. The molecule has 0 bridgehead atoms. The maximum absolute atomic E-state index is 11.9. The van der Waals surface area contributed by atoms with Crippen molar-refractivity contribution in [3.8, 4) is 0 Å². The fourth-order valence-electron chi connectivity index (χ4n) is 2.47. The number of rotatable bonds is 6. The van der Waals surface area contributed by atoms with Gasteiger partial charge in [-0.25, -0.2) is 4.79 Å². The molecule has 3 N–H and O–H groups in total. The zero-order chi connectivity index (χ0) is 14.5. The quantitative estimate of drug-likeness (QED) is 0.694. The molecule has 4 heteroatoms. The molecule has 0 radical (unpaired) electrons. The van der Waals surface area contributed by atoms with Crippen molar-refractivity contribution in [2.45, 2.75) is 59.4 Å². The van der Waals surface area contributed by atoms with E-state index in [9.17, 15) is 4.79 Å². The van der Waals surface area contributed by atoms with Gasteiger partial charge in [0.05, 0.1) is 0 Å². The Labute approximate surface area is 117 Å². The third-order valence-corrected chi connectivity index (χ3v) is 4.74. The number of hydrogen-bond acceptors (Lipinski definition) is 2. The molecule has 19 heavy (non-hydrogen) atoms. The van der Waals surface area contributed by atoms with Gasteiger partial charge in [-0.15, -0.1) is 0 Å². The molecule has 0 aromatic heterocycles. The zero-order valence-electron chi connectivity index (χ0n) is 12.8. The molecule has 0 aromatic rings. The van der Waals surface area contributed by atoms with Crippen molar-refractivity contribution in [1.82, 2.24) is 10.6 Å². The Morgan fingerprint density at radius 1 is 1.37 bits per heavy atom. The maximum Gasteiger partial charge on any atom is 0.315 e. The Kier molecular flexibility index (Phi) is 6.11. The van der Waals surface area contributed by atoms with Gasteiger partial charge in [-0.1, -0.05) is 34.1 Å². The predicted octanol–water partition coefficient (Wildman–Crippen LogP) is 2.52. The molecule has 0 unspecified atom stereocenters. The van der Waals surface area contributed by atoms with Crippen molar-refractivity contribution in [2.75, 3.05) is 13.2 Å². The number of aliphatic hydroxyl groups is 1. The maximum atomic E-state index is 11.9. The highest BCUT2D eigenvalue weighted by Gasteiger charge is 2.29. The van der Waals surface area contributed by atoms with Gasteiger partial charge in [-0.05, 0) is 36.5 Å². The number of carbonyl (C=O) groups excluding carboxylic acids is 1. The van der Waals surface area contributed by atoms with Crippen molar-refractivity contribution in [3.63, 3.8) is 0 Å². The topological polar surface area (TPSA) is 61.4 Å². The van der Waals surface area contributed by atoms with E-state index in [0.29, 0.717) is 18.4 Å². The average molecular weight is 270 g/mol. The van der Waals surface area contributed by atoms with Crippen LogP contribution in [0.25, 0.3) is 0 Å². The molecular formula is C15H30N2O2. The lowest BCUT2D eigenvalue weighted by Gasteiger charge is -2.30. The molecule has 0 spiro atoms. The summed E-state index contributed by atoms with van der Waals surface area (Å²) in [6, 6.07) is 0.165. The van der Waals surface area contributed by atoms with E-state index in [0.717, 1.165) is 25.7 Å². The number of amides is 2. The van der Waals surface area contributed by atoms with Gasteiger partial charge in [0.25, 0.3) is 0 Å². The first-order chi connectivity index (χ1) is 8.86. The fourth-order valence-corrected chi connectivity index (χ4v) is 2.47. The summed E-state index contributed by atoms with van der Waals surface area (Å²) in [5.74, 6) is 0.968. The molecule has 1 saturated carbocycles. The number of aliphatic hydroxyl groups excluding tert-OH is 1. The number of urea groups is 1. The molecule has 1 rings (SSSR count). The van der Waals surface area contributed by atoms with Crippen LogP contribution in [0, 0.1) is 17.3 Å². The van der Waals surface area contributed by atoms with Gasteiger partial charge in [-0.3, -0.25) is 0 Å². The van der Waals surface area contributed by atoms with E-state index in [1.807, 2.05) is 0 Å². The lowest BCUT2D eigenvalue weighted by Crippen LogP contribution is -2.47. The normalized spacial score (nSPS) is 23.7. The summed E-state index contributed by atoms with van der Waals surface area (Å²) >= 11 is 0. The molecule has 0 saturated heterocycles. The summed E-state index contributed by atoms with van der Waals surface area (Å²) in [7, 11) is 0. The molecule has 2 amide bonds. The van der Waals surface area contributed by atoms with Crippen molar-refractivity contribution in [3.05, 3.63) is 0 Å². The van der Waals surface area contributed by atoms with Crippen LogP contribution in [0.5, 0.6) is 0 Å². The smallest absolute Gasteiger partial charge is 0.315 e. The van der Waals surface area contributed by atoms with Gasteiger partial charge in [0, 0.05) is 19.2 Å². The fraction of sp³-hybridized carbons (Fsp3) is 0.933. The van der Waals surface area contributed by atoms with Crippen molar-refractivity contribution in [2.24, 2.45) is 17.3 Å². The van der Waals surface area contributed by atoms with E-state index in [4.69, 9.17) is 5.11 Å². The second-order valence-corrected chi connectivity index (χ2v) is 6.78. The van der Waals surface area contributed by atoms with Crippen LogP contribution in [-0.2, 0) is 0 Å².